The number of carbonyl (C=O) groups excluding carboxylic acids is 1. The van der Waals surface area contributed by atoms with Crippen molar-refractivity contribution in [3.8, 4) is 0 Å². The Kier molecular flexibility index (Phi) is 1.20. The number of hydrogen-bond acceptors (Lipinski definition) is 2. The molecule has 0 N–H and O–H groups in total. The van der Waals surface area contributed by atoms with Gasteiger partial charge in [0.1, 0.15) is 0 Å². The first kappa shape index (κ1) is 4.92. The molecule has 7 heavy (non-hydrogen) atoms. The Labute approximate surface area is 42.7 Å². The molecule has 1 rings (SSSR count). The maximum atomic E-state index is 10.4. The summed E-state index contributed by atoms with van der Waals surface area (Å²) in [6, 6.07) is 0. The van der Waals surface area contributed by atoms with Crippen LogP contribution in [0.25, 0.3) is 0 Å². The fourth-order valence-corrected chi connectivity index (χ4v) is 1.73. The fourth-order valence-electron chi connectivity index (χ4n) is 0.623. The van der Waals surface area contributed by atoms with Gasteiger partial charge in [0.2, 0.25) is 0 Å². The van der Waals surface area contributed by atoms with E-state index in [2.05, 4.69) is 0 Å². The van der Waals surface area contributed by atoms with Crippen LogP contribution in [0.4, 0.5) is 0 Å². The van der Waals surface area contributed by atoms with E-state index in [4.69, 9.17) is 0 Å². The molecule has 2 nitrogen and oxygen atoms in total. The number of carbonyl (C=O) groups is 1. The third-order valence-electron chi connectivity index (χ3n) is 1.03. The molecule has 1 unspecified atom stereocenters. The zero-order chi connectivity index (χ0) is 5.28. The maximum Gasteiger partial charge on any atom is 0.414 e. The molecule has 0 aromatic carbocycles. The molecule has 0 aromatic heterocycles. The second kappa shape index (κ2) is 1.71. The summed E-state index contributed by atoms with van der Waals surface area (Å²) >= 11 is 0. The van der Waals surface area contributed by atoms with Gasteiger partial charge in [0, 0.05) is 6.42 Å². The van der Waals surface area contributed by atoms with E-state index in [-0.39, 0.29) is 5.52 Å². The van der Waals surface area contributed by atoms with Gasteiger partial charge in [-0.2, -0.15) is 0 Å². The van der Waals surface area contributed by atoms with E-state index in [1.54, 1.807) is 0 Å². The van der Waals surface area contributed by atoms with Gasteiger partial charge in [-0.25, -0.2) is 4.79 Å². The van der Waals surface area contributed by atoms with Crippen LogP contribution < -0.4 is 0 Å². The van der Waals surface area contributed by atoms with Crippen LogP contribution in [0.1, 0.15) is 12.8 Å². The van der Waals surface area contributed by atoms with Crippen molar-refractivity contribution in [3.05, 3.63) is 0 Å². The summed E-state index contributed by atoms with van der Waals surface area (Å²) in [5.41, 5.74) is -0.0324. The quantitative estimate of drug-likeness (QED) is 0.446. The molecule has 0 amide bonds. The van der Waals surface area contributed by atoms with Gasteiger partial charge in [-0.1, -0.05) is 4.57 Å². The average Bonchev–Trinajstić information content (AvgIpc) is 1.91. The van der Waals surface area contributed by atoms with Crippen LogP contribution in [0.15, 0.2) is 0 Å². The van der Waals surface area contributed by atoms with Gasteiger partial charge in [-0.05, 0) is 0 Å². The second-order valence-corrected chi connectivity index (χ2v) is 3.30. The van der Waals surface area contributed by atoms with E-state index in [1.807, 2.05) is 0 Å². The Morgan fingerprint density at radius 3 is 2.43 bits per heavy atom. The van der Waals surface area contributed by atoms with Crippen molar-refractivity contribution in [1.82, 2.24) is 0 Å². The predicted molar refractivity (Wildman–Crippen MR) is 26.7 cm³/mol. The standard InChI is InChI=1S/C4H6O2P/c5-4-2-1-3-7(4)6/h1-3H2/q+1. The van der Waals surface area contributed by atoms with Crippen molar-refractivity contribution in [3.63, 3.8) is 0 Å². The molecule has 1 aliphatic rings. The summed E-state index contributed by atoms with van der Waals surface area (Å²) in [7, 11) is -1.42. The van der Waals surface area contributed by atoms with E-state index in [9.17, 15) is 9.36 Å². The lowest BCUT2D eigenvalue weighted by Gasteiger charge is -1.59. The summed E-state index contributed by atoms with van der Waals surface area (Å²) in [5, 5.41) is 0. The molecule has 0 radical (unpaired) electrons. The van der Waals surface area contributed by atoms with Crippen LogP contribution in [0.5, 0.6) is 0 Å². The topological polar surface area (TPSA) is 34.1 Å². The summed E-state index contributed by atoms with van der Waals surface area (Å²) in [6.07, 6.45) is 2.03. The Morgan fingerprint density at radius 1 is 1.57 bits per heavy atom. The van der Waals surface area contributed by atoms with Gasteiger partial charge in [0.25, 0.3) is 0 Å². The zero-order valence-electron chi connectivity index (χ0n) is 3.89. The van der Waals surface area contributed by atoms with Crippen molar-refractivity contribution in [1.29, 1.82) is 0 Å². The fraction of sp³-hybridized carbons (Fsp3) is 0.750. The molecule has 1 heterocycles. The molecule has 0 aliphatic carbocycles. The first-order valence-corrected chi connectivity index (χ1v) is 3.72. The van der Waals surface area contributed by atoms with E-state index >= 15 is 0 Å². The van der Waals surface area contributed by atoms with Crippen molar-refractivity contribution in [2.75, 3.05) is 6.16 Å². The lowest BCUT2D eigenvalue weighted by molar-refractivity contribution is -0.111. The third-order valence-corrected chi connectivity index (χ3v) is 2.53. The van der Waals surface area contributed by atoms with Gasteiger partial charge in [-0.3, -0.25) is 0 Å². The van der Waals surface area contributed by atoms with Crippen molar-refractivity contribution in [2.24, 2.45) is 0 Å². The van der Waals surface area contributed by atoms with Gasteiger partial charge in [0.05, 0.1) is 6.42 Å². The number of hydrogen-bond donors (Lipinski definition) is 0. The highest BCUT2D eigenvalue weighted by molar-refractivity contribution is 7.64. The van der Waals surface area contributed by atoms with Gasteiger partial charge < -0.3 is 0 Å². The molecule has 1 aliphatic heterocycles. The average molecular weight is 117 g/mol. The molecular formula is C4H6O2P+. The van der Waals surface area contributed by atoms with Crippen LogP contribution in [-0.4, -0.2) is 11.7 Å². The molecule has 0 aromatic rings. The Bertz CT molecular complexity index is 105. The van der Waals surface area contributed by atoms with Crippen LogP contribution in [-0.2, 0) is 9.36 Å². The van der Waals surface area contributed by atoms with E-state index in [0.717, 1.165) is 6.42 Å². The molecule has 1 saturated heterocycles. The third kappa shape index (κ3) is 0.859. The minimum absolute atomic E-state index is 0.0324. The minimum Gasteiger partial charge on any atom is -0.240 e. The van der Waals surface area contributed by atoms with Crippen molar-refractivity contribution >= 4 is 13.3 Å². The van der Waals surface area contributed by atoms with Gasteiger partial charge in [-0.15, -0.1) is 0 Å². The molecule has 1 atom stereocenters. The molecule has 0 spiro atoms. The minimum atomic E-state index is -1.42. The highest BCUT2D eigenvalue weighted by Gasteiger charge is 2.33. The van der Waals surface area contributed by atoms with Gasteiger partial charge in [0.15, 0.2) is 6.16 Å². The van der Waals surface area contributed by atoms with Crippen molar-refractivity contribution < 1.29 is 9.36 Å². The largest absolute Gasteiger partial charge is 0.414 e. The summed E-state index contributed by atoms with van der Waals surface area (Å²) in [4.78, 5) is 10.3. The Hall–Kier alpha value is -0.230. The van der Waals surface area contributed by atoms with Crippen LogP contribution in [0.2, 0.25) is 0 Å². The molecule has 0 saturated carbocycles. The second-order valence-electron chi connectivity index (χ2n) is 1.60. The van der Waals surface area contributed by atoms with Crippen molar-refractivity contribution in [2.45, 2.75) is 12.8 Å². The molecular weight excluding hydrogens is 111 g/mol. The SMILES string of the molecule is O=C1CCC[P+]1=O. The summed E-state index contributed by atoms with van der Waals surface area (Å²) in [5.74, 6) is 0. The number of rotatable bonds is 0. The smallest absolute Gasteiger partial charge is 0.240 e. The Balaban J connectivity index is 2.65. The first-order chi connectivity index (χ1) is 3.30. The molecule has 0 bridgehead atoms. The van der Waals surface area contributed by atoms with Crippen LogP contribution in [0, 0.1) is 0 Å². The molecule has 1 fully saturated rings. The summed E-state index contributed by atoms with van der Waals surface area (Å²) in [6.45, 7) is 0. The lowest BCUT2D eigenvalue weighted by atomic mass is 10.4. The predicted octanol–water partition coefficient (Wildman–Crippen LogP) is 1.13. The normalized spacial score (nSPS) is 26.3. The molecule has 3 heteroatoms. The lowest BCUT2D eigenvalue weighted by Crippen LogP contribution is -1.76. The van der Waals surface area contributed by atoms with E-state index in [0.29, 0.717) is 12.6 Å². The van der Waals surface area contributed by atoms with E-state index in [1.165, 1.54) is 0 Å². The molecule has 38 valence electrons. The highest BCUT2D eigenvalue weighted by atomic mass is 31.1. The van der Waals surface area contributed by atoms with E-state index < -0.39 is 7.80 Å². The van der Waals surface area contributed by atoms with Crippen LogP contribution in [0.3, 0.4) is 0 Å². The monoisotopic (exact) mass is 117 g/mol. The Morgan fingerprint density at radius 2 is 2.29 bits per heavy atom. The highest BCUT2D eigenvalue weighted by Crippen LogP contribution is 2.32. The zero-order valence-corrected chi connectivity index (χ0v) is 4.78. The summed E-state index contributed by atoms with van der Waals surface area (Å²) < 4.78 is 10.4. The van der Waals surface area contributed by atoms with Gasteiger partial charge >= 0.3 is 13.3 Å². The maximum absolute atomic E-state index is 10.4. The first-order valence-electron chi connectivity index (χ1n) is 2.28. The van der Waals surface area contributed by atoms with Crippen LogP contribution >= 0.6 is 7.80 Å².